The van der Waals surface area contributed by atoms with Crippen molar-refractivity contribution in [3.8, 4) is 5.75 Å². The van der Waals surface area contributed by atoms with Gasteiger partial charge in [-0.3, -0.25) is 0 Å². The van der Waals surface area contributed by atoms with Gasteiger partial charge in [0.1, 0.15) is 0 Å². The van der Waals surface area contributed by atoms with E-state index in [0.29, 0.717) is 11.7 Å². The molecule has 1 N–H and O–H groups in total. The molecule has 3 heteroatoms. The summed E-state index contributed by atoms with van der Waals surface area (Å²) in [6.45, 7) is 11.1. The molecule has 0 atom stereocenters. The van der Waals surface area contributed by atoms with Crippen molar-refractivity contribution in [3.63, 3.8) is 0 Å². The first-order chi connectivity index (χ1) is 9.84. The predicted octanol–water partition coefficient (Wildman–Crippen LogP) is 4.43. The highest BCUT2D eigenvalue weighted by Gasteiger charge is 2.17. The molecular weight excluding hydrogens is 265 g/mol. The van der Waals surface area contributed by atoms with Gasteiger partial charge in [0, 0.05) is 0 Å². The maximum Gasteiger partial charge on any atom is 0.165 e. The Morgan fingerprint density at radius 1 is 1.24 bits per heavy atom. The van der Waals surface area contributed by atoms with E-state index in [1.54, 1.807) is 12.1 Å². The molecule has 0 radical (unpaired) electrons. The van der Waals surface area contributed by atoms with E-state index >= 15 is 0 Å². The van der Waals surface area contributed by atoms with E-state index in [0.717, 1.165) is 37.9 Å². The summed E-state index contributed by atoms with van der Waals surface area (Å²) < 4.78 is 18.6. The number of halogens is 1. The van der Waals surface area contributed by atoms with Gasteiger partial charge in [-0.25, -0.2) is 4.39 Å². The highest BCUT2D eigenvalue weighted by molar-refractivity contribution is 5.29. The molecule has 2 nitrogen and oxygen atoms in total. The van der Waals surface area contributed by atoms with Gasteiger partial charge in [0.05, 0.1) is 7.11 Å². The summed E-state index contributed by atoms with van der Waals surface area (Å²) in [7, 11) is 1.49. The summed E-state index contributed by atoms with van der Waals surface area (Å²) in [5.41, 5.74) is 1.30. The third-order valence-electron chi connectivity index (χ3n) is 3.84. The second-order valence-corrected chi connectivity index (χ2v) is 6.98. The second-order valence-electron chi connectivity index (χ2n) is 6.98. The molecule has 120 valence electrons. The average Bonchev–Trinajstić information content (AvgIpc) is 2.41. The van der Waals surface area contributed by atoms with Crippen molar-refractivity contribution in [3.05, 3.63) is 29.6 Å². The molecule has 0 aromatic heterocycles. The van der Waals surface area contributed by atoms with Gasteiger partial charge in [-0.2, -0.15) is 0 Å². The minimum absolute atomic E-state index is 0.264. The quantitative estimate of drug-likeness (QED) is 0.681. The van der Waals surface area contributed by atoms with E-state index in [1.165, 1.54) is 7.11 Å². The molecule has 1 rings (SSSR count). The highest BCUT2D eigenvalue weighted by Crippen LogP contribution is 2.27. The van der Waals surface area contributed by atoms with Crippen molar-refractivity contribution in [2.75, 3.05) is 20.2 Å². The molecule has 0 heterocycles. The number of benzene rings is 1. The fraction of sp³-hybridized carbons (Fsp3) is 0.667. The maximum atomic E-state index is 13.7. The van der Waals surface area contributed by atoms with E-state index < -0.39 is 0 Å². The highest BCUT2D eigenvalue weighted by atomic mass is 19.1. The van der Waals surface area contributed by atoms with Crippen LogP contribution in [0.2, 0.25) is 0 Å². The van der Waals surface area contributed by atoms with Gasteiger partial charge in [-0.1, -0.05) is 33.8 Å². The number of methoxy groups -OCH3 is 1. The standard InChI is InChI=1S/C18H30FNO/c1-14(2)13-20-11-10-18(3,4)9-8-15-6-7-17(21-5)16(19)12-15/h6-7,12,14,20H,8-11,13H2,1-5H3. The summed E-state index contributed by atoms with van der Waals surface area (Å²) in [5.74, 6) is 0.734. The van der Waals surface area contributed by atoms with Crippen molar-refractivity contribution in [2.24, 2.45) is 11.3 Å². The summed E-state index contributed by atoms with van der Waals surface area (Å²) in [5, 5.41) is 3.49. The predicted molar refractivity (Wildman–Crippen MR) is 87.4 cm³/mol. The summed E-state index contributed by atoms with van der Waals surface area (Å²) >= 11 is 0. The molecule has 0 saturated heterocycles. The van der Waals surface area contributed by atoms with Crippen molar-refractivity contribution in [1.82, 2.24) is 5.32 Å². The van der Waals surface area contributed by atoms with E-state index in [4.69, 9.17) is 4.74 Å². The van der Waals surface area contributed by atoms with Crippen molar-refractivity contribution in [2.45, 2.75) is 47.0 Å². The first kappa shape index (κ1) is 18.0. The van der Waals surface area contributed by atoms with Crippen LogP contribution in [0.15, 0.2) is 18.2 Å². The largest absolute Gasteiger partial charge is 0.494 e. The van der Waals surface area contributed by atoms with E-state index in [-0.39, 0.29) is 11.2 Å². The Hall–Kier alpha value is -1.09. The number of hydrogen-bond donors (Lipinski definition) is 1. The first-order valence-electron chi connectivity index (χ1n) is 7.87. The van der Waals surface area contributed by atoms with Crippen molar-refractivity contribution >= 4 is 0 Å². The Morgan fingerprint density at radius 3 is 2.52 bits per heavy atom. The van der Waals surface area contributed by atoms with Crippen LogP contribution in [0.25, 0.3) is 0 Å². The molecule has 0 fully saturated rings. The lowest BCUT2D eigenvalue weighted by Gasteiger charge is -2.25. The van der Waals surface area contributed by atoms with E-state index in [9.17, 15) is 4.39 Å². The Balaban J connectivity index is 2.40. The third-order valence-corrected chi connectivity index (χ3v) is 3.84. The number of aryl methyl sites for hydroxylation is 1. The van der Waals surface area contributed by atoms with Crippen LogP contribution in [-0.4, -0.2) is 20.2 Å². The van der Waals surface area contributed by atoms with Gasteiger partial charge >= 0.3 is 0 Å². The van der Waals surface area contributed by atoms with Crippen LogP contribution in [-0.2, 0) is 6.42 Å². The van der Waals surface area contributed by atoms with Crippen LogP contribution in [0.1, 0.15) is 46.1 Å². The topological polar surface area (TPSA) is 21.3 Å². The van der Waals surface area contributed by atoms with Crippen molar-refractivity contribution in [1.29, 1.82) is 0 Å². The average molecular weight is 295 g/mol. The molecule has 0 aliphatic carbocycles. The zero-order valence-corrected chi connectivity index (χ0v) is 14.1. The van der Waals surface area contributed by atoms with Gasteiger partial charge in [0.25, 0.3) is 0 Å². The molecule has 0 unspecified atom stereocenters. The SMILES string of the molecule is COc1ccc(CCC(C)(C)CCNCC(C)C)cc1F. The third kappa shape index (κ3) is 6.94. The lowest BCUT2D eigenvalue weighted by Crippen LogP contribution is -2.25. The molecule has 1 aromatic carbocycles. The molecule has 1 aromatic rings. The smallest absolute Gasteiger partial charge is 0.165 e. The molecule has 0 spiro atoms. The number of ether oxygens (including phenoxy) is 1. The first-order valence-corrected chi connectivity index (χ1v) is 7.87. The summed E-state index contributed by atoms with van der Waals surface area (Å²) in [6.07, 6.45) is 3.10. The van der Waals surface area contributed by atoms with Gasteiger partial charge in [-0.15, -0.1) is 0 Å². The molecule has 0 amide bonds. The van der Waals surface area contributed by atoms with E-state index in [2.05, 4.69) is 33.0 Å². The van der Waals surface area contributed by atoms with Gasteiger partial charge < -0.3 is 10.1 Å². The number of nitrogens with one attached hydrogen (secondary N) is 1. The van der Waals surface area contributed by atoms with Gasteiger partial charge in [-0.05, 0) is 61.4 Å². The van der Waals surface area contributed by atoms with Crippen LogP contribution in [0.5, 0.6) is 5.75 Å². The second kappa shape index (κ2) is 8.38. The molecule has 0 aliphatic heterocycles. The summed E-state index contributed by atoms with van der Waals surface area (Å²) in [6, 6.07) is 5.25. The molecule has 0 bridgehead atoms. The zero-order chi connectivity index (χ0) is 15.9. The lowest BCUT2D eigenvalue weighted by atomic mass is 9.83. The van der Waals surface area contributed by atoms with Crippen LogP contribution < -0.4 is 10.1 Å². The van der Waals surface area contributed by atoms with Gasteiger partial charge in [0.2, 0.25) is 0 Å². The summed E-state index contributed by atoms with van der Waals surface area (Å²) in [4.78, 5) is 0. The molecule has 0 aliphatic rings. The normalized spacial score (nSPS) is 12.0. The Kier molecular flexibility index (Phi) is 7.16. The zero-order valence-electron chi connectivity index (χ0n) is 14.1. The minimum atomic E-state index is -0.272. The van der Waals surface area contributed by atoms with Crippen LogP contribution in [0.4, 0.5) is 4.39 Å². The Labute approximate surface area is 129 Å². The van der Waals surface area contributed by atoms with Crippen LogP contribution in [0.3, 0.4) is 0 Å². The fourth-order valence-corrected chi connectivity index (χ4v) is 2.29. The molecule has 0 saturated carbocycles. The van der Waals surface area contributed by atoms with Crippen LogP contribution >= 0.6 is 0 Å². The lowest BCUT2D eigenvalue weighted by molar-refractivity contribution is 0.299. The molecule has 21 heavy (non-hydrogen) atoms. The van der Waals surface area contributed by atoms with Crippen LogP contribution in [0, 0.1) is 17.2 Å². The fourth-order valence-electron chi connectivity index (χ4n) is 2.29. The van der Waals surface area contributed by atoms with Gasteiger partial charge in [0.15, 0.2) is 11.6 Å². The number of hydrogen-bond acceptors (Lipinski definition) is 2. The minimum Gasteiger partial charge on any atom is -0.494 e. The van der Waals surface area contributed by atoms with Crippen molar-refractivity contribution < 1.29 is 9.13 Å². The molecular formula is C18H30FNO. The van der Waals surface area contributed by atoms with E-state index in [1.807, 2.05) is 6.07 Å². The maximum absolute atomic E-state index is 13.7. The Bertz CT molecular complexity index is 429. The monoisotopic (exact) mass is 295 g/mol. The number of rotatable bonds is 9. The Morgan fingerprint density at radius 2 is 1.95 bits per heavy atom.